The lowest BCUT2D eigenvalue weighted by Crippen LogP contribution is -2.39. The van der Waals surface area contributed by atoms with E-state index in [4.69, 9.17) is 11.6 Å². The maximum absolute atomic E-state index is 5.92. The smallest absolute Gasteiger partial charge is 0.0558 e. The lowest BCUT2D eigenvalue weighted by Gasteiger charge is -2.34. The molecule has 0 aromatic carbocycles. The highest BCUT2D eigenvalue weighted by atomic mass is 35.5. The summed E-state index contributed by atoms with van der Waals surface area (Å²) >= 11 is 5.92. The molecule has 84 valence electrons. The first-order valence-corrected chi connectivity index (χ1v) is 5.65. The highest BCUT2D eigenvalue weighted by molar-refractivity contribution is 6.30. The fourth-order valence-electron chi connectivity index (χ4n) is 1.26. The fourth-order valence-corrected chi connectivity index (χ4v) is 1.44. The van der Waals surface area contributed by atoms with E-state index in [2.05, 4.69) is 37.7 Å². The Morgan fingerprint density at radius 1 is 1.47 bits per heavy atom. The molecular weight excluding hydrogens is 208 g/mol. The third-order valence-corrected chi connectivity index (χ3v) is 3.31. The number of hydrogen-bond acceptors (Lipinski definition) is 2. The monoisotopic (exact) mass is 226 g/mol. The fraction of sp³-hybridized carbons (Fsp3) is 0.583. The van der Waals surface area contributed by atoms with E-state index in [-0.39, 0.29) is 5.54 Å². The molecule has 0 N–H and O–H groups in total. The molecule has 0 fully saturated rings. The van der Waals surface area contributed by atoms with E-state index in [0.717, 1.165) is 23.7 Å². The Morgan fingerprint density at radius 2 is 2.13 bits per heavy atom. The van der Waals surface area contributed by atoms with Crippen LogP contribution >= 0.6 is 11.6 Å². The van der Waals surface area contributed by atoms with E-state index in [1.165, 1.54) is 0 Å². The molecule has 1 heterocycles. The van der Waals surface area contributed by atoms with Gasteiger partial charge >= 0.3 is 0 Å². The van der Waals surface area contributed by atoms with Crippen LogP contribution in [0.4, 0.5) is 0 Å². The second-order valence-electron chi connectivity index (χ2n) is 4.49. The Hall–Kier alpha value is -0.600. The van der Waals surface area contributed by atoms with Gasteiger partial charge in [-0.15, -0.1) is 0 Å². The second-order valence-corrected chi connectivity index (χ2v) is 4.92. The maximum Gasteiger partial charge on any atom is 0.0558 e. The second kappa shape index (κ2) is 4.95. The minimum absolute atomic E-state index is 0.198. The molecule has 2 nitrogen and oxygen atoms in total. The van der Waals surface area contributed by atoms with Crippen molar-refractivity contribution < 1.29 is 0 Å². The molecule has 0 amide bonds. The topological polar surface area (TPSA) is 16.1 Å². The molecule has 0 saturated carbocycles. The average molecular weight is 227 g/mol. The standard InChI is InChI=1S/C12H19ClN2/c1-5-12(2,3)15(4)9-11-8-10(13)6-7-14-11/h6-8H,5,9H2,1-4H3. The summed E-state index contributed by atoms with van der Waals surface area (Å²) in [5.74, 6) is 0. The first-order valence-electron chi connectivity index (χ1n) is 5.27. The summed E-state index contributed by atoms with van der Waals surface area (Å²) in [6, 6.07) is 3.72. The van der Waals surface area contributed by atoms with Gasteiger partial charge in [-0.05, 0) is 39.4 Å². The Labute approximate surface area is 97.3 Å². The van der Waals surface area contributed by atoms with Crippen molar-refractivity contribution in [1.82, 2.24) is 9.88 Å². The summed E-state index contributed by atoms with van der Waals surface area (Å²) in [6.07, 6.45) is 2.87. The van der Waals surface area contributed by atoms with Crippen LogP contribution in [-0.2, 0) is 6.54 Å². The lowest BCUT2D eigenvalue weighted by molar-refractivity contribution is 0.141. The maximum atomic E-state index is 5.92. The summed E-state index contributed by atoms with van der Waals surface area (Å²) in [7, 11) is 2.12. The Bertz CT molecular complexity index is 323. The SMILES string of the molecule is CCC(C)(C)N(C)Cc1cc(Cl)ccn1. The molecule has 0 radical (unpaired) electrons. The highest BCUT2D eigenvalue weighted by Gasteiger charge is 2.21. The molecule has 0 atom stereocenters. The number of pyridine rings is 1. The summed E-state index contributed by atoms with van der Waals surface area (Å²) in [5.41, 5.74) is 1.22. The summed E-state index contributed by atoms with van der Waals surface area (Å²) in [6.45, 7) is 7.50. The van der Waals surface area contributed by atoms with Crippen LogP contribution in [0, 0.1) is 0 Å². The first kappa shape index (κ1) is 12.5. The summed E-state index contributed by atoms with van der Waals surface area (Å²) < 4.78 is 0. The van der Waals surface area contributed by atoms with Gasteiger partial charge in [-0.2, -0.15) is 0 Å². The van der Waals surface area contributed by atoms with E-state index >= 15 is 0 Å². The van der Waals surface area contributed by atoms with Crippen LogP contribution in [0.5, 0.6) is 0 Å². The van der Waals surface area contributed by atoms with Crippen LogP contribution in [-0.4, -0.2) is 22.5 Å². The molecule has 15 heavy (non-hydrogen) atoms. The molecule has 0 bridgehead atoms. The molecule has 0 aliphatic heterocycles. The van der Waals surface area contributed by atoms with Gasteiger partial charge in [-0.3, -0.25) is 9.88 Å². The Morgan fingerprint density at radius 3 is 2.67 bits per heavy atom. The van der Waals surface area contributed by atoms with Crippen LogP contribution in [0.1, 0.15) is 32.9 Å². The number of aromatic nitrogens is 1. The zero-order chi connectivity index (χ0) is 11.5. The number of halogens is 1. The average Bonchev–Trinajstić information content (AvgIpc) is 2.17. The summed E-state index contributed by atoms with van der Waals surface area (Å²) in [4.78, 5) is 6.60. The lowest BCUT2D eigenvalue weighted by atomic mass is 10.00. The van der Waals surface area contributed by atoms with Crippen molar-refractivity contribution in [2.45, 2.75) is 39.3 Å². The number of hydrogen-bond donors (Lipinski definition) is 0. The van der Waals surface area contributed by atoms with Crippen molar-refractivity contribution in [2.24, 2.45) is 0 Å². The predicted octanol–water partition coefficient (Wildman–Crippen LogP) is 3.36. The van der Waals surface area contributed by atoms with Gasteiger partial charge < -0.3 is 0 Å². The quantitative estimate of drug-likeness (QED) is 0.783. The van der Waals surface area contributed by atoms with E-state index < -0.39 is 0 Å². The van der Waals surface area contributed by atoms with Gasteiger partial charge in [-0.25, -0.2) is 0 Å². The van der Waals surface area contributed by atoms with Gasteiger partial charge in [0.1, 0.15) is 0 Å². The van der Waals surface area contributed by atoms with Crippen molar-refractivity contribution in [3.05, 3.63) is 29.0 Å². The molecule has 0 spiro atoms. The van der Waals surface area contributed by atoms with Crippen LogP contribution in [0.25, 0.3) is 0 Å². The van der Waals surface area contributed by atoms with E-state index in [1.54, 1.807) is 12.3 Å². The number of nitrogens with zero attached hydrogens (tertiary/aromatic N) is 2. The van der Waals surface area contributed by atoms with Gasteiger partial charge in [0.2, 0.25) is 0 Å². The van der Waals surface area contributed by atoms with Crippen LogP contribution in [0.15, 0.2) is 18.3 Å². The highest BCUT2D eigenvalue weighted by Crippen LogP contribution is 2.19. The Balaban J connectivity index is 2.70. The van der Waals surface area contributed by atoms with Gasteiger partial charge in [0.25, 0.3) is 0 Å². The molecule has 0 aliphatic rings. The zero-order valence-electron chi connectivity index (χ0n) is 9.92. The van der Waals surface area contributed by atoms with Crippen LogP contribution < -0.4 is 0 Å². The third-order valence-electron chi connectivity index (χ3n) is 3.08. The minimum Gasteiger partial charge on any atom is -0.295 e. The van der Waals surface area contributed by atoms with Gasteiger partial charge in [0, 0.05) is 23.3 Å². The first-order chi connectivity index (χ1) is 6.95. The molecule has 1 aromatic rings. The van der Waals surface area contributed by atoms with Gasteiger partial charge in [0.05, 0.1) is 5.69 Å². The molecule has 3 heteroatoms. The Kier molecular flexibility index (Phi) is 4.12. The molecule has 0 saturated heterocycles. The molecule has 1 aromatic heterocycles. The van der Waals surface area contributed by atoms with Crippen LogP contribution in [0.2, 0.25) is 5.02 Å². The largest absolute Gasteiger partial charge is 0.295 e. The van der Waals surface area contributed by atoms with Crippen molar-refractivity contribution in [3.63, 3.8) is 0 Å². The normalized spacial score (nSPS) is 12.1. The van der Waals surface area contributed by atoms with Gasteiger partial charge in [-0.1, -0.05) is 18.5 Å². The zero-order valence-corrected chi connectivity index (χ0v) is 10.7. The molecular formula is C12H19ClN2. The number of rotatable bonds is 4. The molecule has 0 unspecified atom stereocenters. The van der Waals surface area contributed by atoms with E-state index in [0.29, 0.717) is 0 Å². The minimum atomic E-state index is 0.198. The third kappa shape index (κ3) is 3.47. The van der Waals surface area contributed by atoms with E-state index in [1.807, 2.05) is 6.07 Å². The molecule has 0 aliphatic carbocycles. The molecule has 1 rings (SSSR count). The van der Waals surface area contributed by atoms with Crippen molar-refractivity contribution >= 4 is 11.6 Å². The summed E-state index contributed by atoms with van der Waals surface area (Å²) in [5, 5.41) is 0.753. The van der Waals surface area contributed by atoms with Crippen molar-refractivity contribution in [2.75, 3.05) is 7.05 Å². The van der Waals surface area contributed by atoms with Crippen LogP contribution in [0.3, 0.4) is 0 Å². The van der Waals surface area contributed by atoms with E-state index in [9.17, 15) is 0 Å². The van der Waals surface area contributed by atoms with Crippen molar-refractivity contribution in [3.8, 4) is 0 Å². The van der Waals surface area contributed by atoms with Gasteiger partial charge in [0.15, 0.2) is 0 Å². The van der Waals surface area contributed by atoms with Crippen molar-refractivity contribution in [1.29, 1.82) is 0 Å². The predicted molar refractivity (Wildman–Crippen MR) is 65.1 cm³/mol.